The Morgan fingerprint density at radius 3 is 2.80 bits per heavy atom. The number of hydrogen-bond donors (Lipinski definition) is 1. The van der Waals surface area contributed by atoms with E-state index in [4.69, 9.17) is 0 Å². The molecule has 106 valence electrons. The molecule has 1 heterocycles. The van der Waals surface area contributed by atoms with Gasteiger partial charge in [0, 0.05) is 26.2 Å². The molecule has 0 saturated heterocycles. The number of nitrogens with zero attached hydrogens (tertiary/aromatic N) is 3. The highest BCUT2D eigenvalue weighted by atomic mass is 16.6. The summed E-state index contributed by atoms with van der Waals surface area (Å²) in [5.74, 6) is 0.288. The van der Waals surface area contributed by atoms with E-state index in [0.29, 0.717) is 24.4 Å². The van der Waals surface area contributed by atoms with E-state index in [1.807, 2.05) is 37.2 Å². The molecule has 0 bridgehead atoms. The van der Waals surface area contributed by atoms with E-state index in [2.05, 4.69) is 26.3 Å². The van der Waals surface area contributed by atoms with Gasteiger partial charge in [-0.2, -0.15) is 0 Å². The minimum atomic E-state index is -0.0981. The van der Waals surface area contributed by atoms with Gasteiger partial charge in [-0.1, -0.05) is 17.3 Å². The zero-order valence-electron chi connectivity index (χ0n) is 11.9. The number of carbonyl (C=O) groups is 1. The maximum Gasteiger partial charge on any atom is 0.225 e. The van der Waals surface area contributed by atoms with E-state index in [9.17, 15) is 4.79 Å². The Labute approximate surface area is 117 Å². The quantitative estimate of drug-likeness (QED) is 0.903. The molecule has 0 aliphatic carbocycles. The van der Waals surface area contributed by atoms with Crippen LogP contribution in [-0.2, 0) is 11.2 Å². The number of carbonyl (C=O) groups excluding carboxylic acids is 1. The average molecular weight is 274 g/mol. The fourth-order valence-corrected chi connectivity index (χ4v) is 1.79. The zero-order valence-corrected chi connectivity index (χ0v) is 11.9. The van der Waals surface area contributed by atoms with Crippen molar-refractivity contribution >= 4 is 17.4 Å². The first kappa shape index (κ1) is 14.0. The van der Waals surface area contributed by atoms with Gasteiger partial charge in [-0.25, -0.2) is 4.63 Å². The maximum atomic E-state index is 11.8. The van der Waals surface area contributed by atoms with E-state index < -0.39 is 0 Å². The van der Waals surface area contributed by atoms with Crippen LogP contribution in [0, 0.1) is 6.92 Å². The third-order valence-electron chi connectivity index (χ3n) is 2.98. The average Bonchev–Trinajstić information content (AvgIpc) is 2.82. The van der Waals surface area contributed by atoms with Gasteiger partial charge in [0.15, 0.2) is 5.82 Å². The molecule has 20 heavy (non-hydrogen) atoms. The molecule has 0 spiro atoms. The van der Waals surface area contributed by atoms with Gasteiger partial charge in [0.1, 0.15) is 5.69 Å². The third kappa shape index (κ3) is 3.57. The van der Waals surface area contributed by atoms with Crippen molar-refractivity contribution in [3.05, 3.63) is 35.5 Å². The molecular weight excluding hydrogens is 256 g/mol. The lowest BCUT2D eigenvalue weighted by atomic mass is 10.1. The Hall–Kier alpha value is -2.37. The van der Waals surface area contributed by atoms with Crippen molar-refractivity contribution < 1.29 is 9.42 Å². The Balaban J connectivity index is 1.90. The lowest BCUT2D eigenvalue weighted by Gasteiger charge is -2.13. The first-order valence-electron chi connectivity index (χ1n) is 6.41. The summed E-state index contributed by atoms with van der Waals surface area (Å²) < 4.78 is 4.53. The first-order valence-corrected chi connectivity index (χ1v) is 6.41. The largest absolute Gasteiger partial charge is 0.378 e. The van der Waals surface area contributed by atoms with Gasteiger partial charge in [0.2, 0.25) is 5.91 Å². The van der Waals surface area contributed by atoms with Crippen molar-refractivity contribution in [2.45, 2.75) is 19.8 Å². The van der Waals surface area contributed by atoms with Crippen LogP contribution in [0.1, 0.15) is 17.7 Å². The summed E-state index contributed by atoms with van der Waals surface area (Å²) in [7, 11) is 3.98. The number of benzene rings is 1. The monoisotopic (exact) mass is 274 g/mol. The van der Waals surface area contributed by atoms with Gasteiger partial charge in [0.25, 0.3) is 0 Å². The summed E-state index contributed by atoms with van der Waals surface area (Å²) in [6, 6.07) is 8.13. The highest BCUT2D eigenvalue weighted by Crippen LogP contribution is 2.15. The predicted octanol–water partition coefficient (Wildman–Crippen LogP) is 2.02. The molecule has 0 unspecified atom stereocenters. The molecule has 0 aliphatic rings. The van der Waals surface area contributed by atoms with Crippen LogP contribution in [0.15, 0.2) is 28.9 Å². The molecule has 0 radical (unpaired) electrons. The predicted molar refractivity (Wildman–Crippen MR) is 76.8 cm³/mol. The Kier molecular flexibility index (Phi) is 4.34. The Bertz CT molecular complexity index is 592. The van der Waals surface area contributed by atoms with Gasteiger partial charge in [-0.05, 0) is 36.2 Å². The topological polar surface area (TPSA) is 71.3 Å². The summed E-state index contributed by atoms with van der Waals surface area (Å²) in [4.78, 5) is 13.9. The minimum absolute atomic E-state index is 0.0981. The van der Waals surface area contributed by atoms with Gasteiger partial charge in [-0.15, -0.1) is 0 Å². The molecule has 0 saturated carbocycles. The minimum Gasteiger partial charge on any atom is -0.378 e. The van der Waals surface area contributed by atoms with Gasteiger partial charge in [-0.3, -0.25) is 4.79 Å². The van der Waals surface area contributed by atoms with Crippen LogP contribution in [0.3, 0.4) is 0 Å². The molecule has 6 nitrogen and oxygen atoms in total. The lowest BCUT2D eigenvalue weighted by Crippen LogP contribution is -2.13. The van der Waals surface area contributed by atoms with Crippen molar-refractivity contribution in [1.82, 2.24) is 10.3 Å². The highest BCUT2D eigenvalue weighted by molar-refractivity contribution is 5.90. The van der Waals surface area contributed by atoms with E-state index >= 15 is 0 Å². The SMILES string of the molecule is Cc1nonc1NC(=O)CCc1cccc(N(C)C)c1. The first-order chi connectivity index (χ1) is 9.56. The Morgan fingerprint density at radius 2 is 2.15 bits per heavy atom. The van der Waals surface area contributed by atoms with Gasteiger partial charge >= 0.3 is 0 Å². The summed E-state index contributed by atoms with van der Waals surface area (Å²) in [5.41, 5.74) is 2.83. The second-order valence-corrected chi connectivity index (χ2v) is 4.81. The molecule has 2 aromatic rings. The second kappa shape index (κ2) is 6.18. The van der Waals surface area contributed by atoms with Crippen LogP contribution in [0.5, 0.6) is 0 Å². The summed E-state index contributed by atoms with van der Waals surface area (Å²) in [5, 5.41) is 9.92. The van der Waals surface area contributed by atoms with Gasteiger partial charge in [0.05, 0.1) is 0 Å². The van der Waals surface area contributed by atoms with Crippen LogP contribution in [-0.4, -0.2) is 30.3 Å². The Morgan fingerprint density at radius 1 is 1.35 bits per heavy atom. The van der Waals surface area contributed by atoms with Crippen molar-refractivity contribution in [2.24, 2.45) is 0 Å². The fraction of sp³-hybridized carbons (Fsp3) is 0.357. The number of aryl methyl sites for hydroxylation is 2. The van der Waals surface area contributed by atoms with Gasteiger partial charge < -0.3 is 10.2 Å². The van der Waals surface area contributed by atoms with Crippen LogP contribution in [0.4, 0.5) is 11.5 Å². The van der Waals surface area contributed by atoms with Crippen molar-refractivity contribution in [3.63, 3.8) is 0 Å². The molecule has 0 aliphatic heterocycles. The fourth-order valence-electron chi connectivity index (χ4n) is 1.79. The molecule has 1 aromatic heterocycles. The van der Waals surface area contributed by atoms with E-state index in [1.54, 1.807) is 6.92 Å². The van der Waals surface area contributed by atoms with Crippen LogP contribution in [0.25, 0.3) is 0 Å². The second-order valence-electron chi connectivity index (χ2n) is 4.81. The number of hydrogen-bond acceptors (Lipinski definition) is 5. The molecule has 0 fully saturated rings. The molecule has 1 aromatic carbocycles. The standard InChI is InChI=1S/C14H18N4O2/c1-10-14(17-20-16-10)15-13(19)8-7-11-5-4-6-12(9-11)18(2)3/h4-6,9H,7-8H2,1-3H3,(H,15,17,19). The normalized spacial score (nSPS) is 10.3. The smallest absolute Gasteiger partial charge is 0.225 e. The number of rotatable bonds is 5. The van der Waals surface area contributed by atoms with Crippen molar-refractivity contribution in [3.8, 4) is 0 Å². The molecule has 6 heteroatoms. The van der Waals surface area contributed by atoms with Crippen LogP contribution in [0.2, 0.25) is 0 Å². The molecule has 1 N–H and O–H groups in total. The van der Waals surface area contributed by atoms with Crippen LogP contribution < -0.4 is 10.2 Å². The highest BCUT2D eigenvalue weighted by Gasteiger charge is 2.09. The molecule has 2 rings (SSSR count). The number of aromatic nitrogens is 2. The molecule has 1 amide bonds. The zero-order chi connectivity index (χ0) is 14.5. The summed E-state index contributed by atoms with van der Waals surface area (Å²) in [6.07, 6.45) is 1.07. The number of amides is 1. The summed E-state index contributed by atoms with van der Waals surface area (Å²) >= 11 is 0. The van der Waals surface area contributed by atoms with Crippen molar-refractivity contribution in [1.29, 1.82) is 0 Å². The van der Waals surface area contributed by atoms with E-state index in [1.165, 1.54) is 0 Å². The number of nitrogens with one attached hydrogen (secondary N) is 1. The maximum absolute atomic E-state index is 11.8. The summed E-state index contributed by atoms with van der Waals surface area (Å²) in [6.45, 7) is 1.73. The molecule has 0 atom stereocenters. The lowest BCUT2D eigenvalue weighted by molar-refractivity contribution is -0.116. The molecular formula is C14H18N4O2. The van der Waals surface area contributed by atoms with E-state index in [-0.39, 0.29) is 5.91 Å². The van der Waals surface area contributed by atoms with E-state index in [0.717, 1.165) is 11.3 Å². The van der Waals surface area contributed by atoms with Crippen LogP contribution >= 0.6 is 0 Å². The third-order valence-corrected chi connectivity index (χ3v) is 2.98. The van der Waals surface area contributed by atoms with Crippen molar-refractivity contribution in [2.75, 3.05) is 24.3 Å². The number of anilines is 2.